The van der Waals surface area contributed by atoms with Crippen molar-refractivity contribution in [3.05, 3.63) is 34.6 Å². The Morgan fingerprint density at radius 2 is 2.24 bits per heavy atom. The van der Waals surface area contributed by atoms with Crippen molar-refractivity contribution >= 4 is 11.6 Å². The van der Waals surface area contributed by atoms with Gasteiger partial charge in [-0.25, -0.2) is 4.39 Å². The summed E-state index contributed by atoms with van der Waals surface area (Å²) in [5.74, 6) is -0.268. The quantitative estimate of drug-likeness (QED) is 0.878. The molecule has 0 aliphatic carbocycles. The predicted octanol–water partition coefficient (Wildman–Crippen LogP) is 2.82. The number of rotatable bonds is 5. The Morgan fingerprint density at radius 3 is 2.90 bits per heavy atom. The van der Waals surface area contributed by atoms with Crippen LogP contribution in [0.3, 0.4) is 0 Å². The molecule has 1 aliphatic rings. The minimum Gasteiger partial charge on any atom is -0.396 e. The second-order valence-electron chi connectivity index (χ2n) is 6.02. The van der Waals surface area contributed by atoms with Crippen molar-refractivity contribution in [2.75, 3.05) is 19.7 Å². The molecule has 1 heterocycles. The van der Waals surface area contributed by atoms with Gasteiger partial charge in [-0.15, -0.1) is 0 Å². The monoisotopic (exact) mass is 315 g/mol. The van der Waals surface area contributed by atoms with E-state index in [2.05, 4.69) is 4.90 Å². The maximum atomic E-state index is 13.8. The molecule has 5 heteroatoms. The summed E-state index contributed by atoms with van der Waals surface area (Å²) >= 11 is 5.93. The fraction of sp³-hybridized carbons (Fsp3) is 0.625. The number of benzene rings is 1. The van der Waals surface area contributed by atoms with Crippen molar-refractivity contribution in [2.24, 2.45) is 5.41 Å². The zero-order chi connectivity index (χ0) is 15.5. The molecule has 118 valence electrons. The molecular weight excluding hydrogens is 293 g/mol. The Morgan fingerprint density at radius 1 is 1.48 bits per heavy atom. The van der Waals surface area contributed by atoms with Crippen LogP contribution in [-0.2, 0) is 6.54 Å². The first kappa shape index (κ1) is 16.7. The zero-order valence-electron chi connectivity index (χ0n) is 12.4. The van der Waals surface area contributed by atoms with E-state index in [1.165, 1.54) is 12.1 Å². The van der Waals surface area contributed by atoms with Crippen LogP contribution in [-0.4, -0.2) is 40.9 Å². The fourth-order valence-electron chi connectivity index (χ4n) is 3.26. The van der Waals surface area contributed by atoms with Gasteiger partial charge >= 0.3 is 0 Å². The van der Waals surface area contributed by atoms with Gasteiger partial charge in [-0.05, 0) is 31.0 Å². The van der Waals surface area contributed by atoms with Crippen LogP contribution in [0.1, 0.15) is 31.7 Å². The van der Waals surface area contributed by atoms with E-state index in [1.807, 2.05) is 6.92 Å². The van der Waals surface area contributed by atoms with Crippen LogP contribution in [0.5, 0.6) is 0 Å². The summed E-state index contributed by atoms with van der Waals surface area (Å²) in [6, 6.07) is 4.56. The molecule has 1 aromatic rings. The van der Waals surface area contributed by atoms with Crippen LogP contribution in [0, 0.1) is 11.2 Å². The zero-order valence-corrected chi connectivity index (χ0v) is 13.1. The summed E-state index contributed by atoms with van der Waals surface area (Å²) in [5, 5.41) is 20.5. The van der Waals surface area contributed by atoms with E-state index in [0.717, 1.165) is 12.8 Å². The number of aliphatic hydroxyl groups is 2. The van der Waals surface area contributed by atoms with Crippen molar-refractivity contribution in [3.63, 3.8) is 0 Å². The maximum absolute atomic E-state index is 13.8. The van der Waals surface area contributed by atoms with E-state index < -0.39 is 11.5 Å². The van der Waals surface area contributed by atoms with Crippen molar-refractivity contribution in [1.29, 1.82) is 0 Å². The average Bonchev–Trinajstić information content (AvgIpc) is 2.46. The van der Waals surface area contributed by atoms with E-state index in [1.54, 1.807) is 6.07 Å². The summed E-state index contributed by atoms with van der Waals surface area (Å²) in [5.41, 5.74) is 0.0597. The highest BCUT2D eigenvalue weighted by Gasteiger charge is 2.41. The Balaban J connectivity index is 2.12. The molecule has 1 aliphatic heterocycles. The minimum absolute atomic E-state index is 0.0451. The maximum Gasteiger partial charge on any atom is 0.127 e. The van der Waals surface area contributed by atoms with Crippen LogP contribution in [0.2, 0.25) is 5.02 Å². The molecule has 0 aromatic heterocycles. The lowest BCUT2D eigenvalue weighted by molar-refractivity contribution is -0.0821. The van der Waals surface area contributed by atoms with Crippen LogP contribution in [0.25, 0.3) is 0 Å². The van der Waals surface area contributed by atoms with E-state index >= 15 is 0 Å². The molecule has 21 heavy (non-hydrogen) atoms. The lowest BCUT2D eigenvalue weighted by Crippen LogP contribution is -2.53. The van der Waals surface area contributed by atoms with Gasteiger partial charge in [0.25, 0.3) is 0 Å². The molecule has 2 N–H and O–H groups in total. The van der Waals surface area contributed by atoms with Gasteiger partial charge in [-0.2, -0.15) is 0 Å². The highest BCUT2D eigenvalue weighted by Crippen LogP contribution is 2.35. The van der Waals surface area contributed by atoms with Gasteiger partial charge in [0.05, 0.1) is 12.7 Å². The van der Waals surface area contributed by atoms with Gasteiger partial charge in [0, 0.05) is 35.6 Å². The van der Waals surface area contributed by atoms with Crippen LogP contribution in [0.4, 0.5) is 4.39 Å². The number of likely N-dealkylation sites (tertiary alicyclic amines) is 1. The van der Waals surface area contributed by atoms with Crippen LogP contribution >= 0.6 is 11.6 Å². The third kappa shape index (κ3) is 3.75. The van der Waals surface area contributed by atoms with Crippen LogP contribution < -0.4 is 0 Å². The first-order chi connectivity index (χ1) is 10.0. The summed E-state index contributed by atoms with van der Waals surface area (Å²) in [6.45, 7) is 3.71. The molecular formula is C16H23ClFNO2. The molecule has 0 spiro atoms. The summed E-state index contributed by atoms with van der Waals surface area (Å²) in [7, 11) is 0. The SMILES string of the molecule is CCC[C@@]1(CO)CN(Cc2cc(Cl)ccc2F)CC[C@H]1O. The molecule has 0 bridgehead atoms. The lowest BCUT2D eigenvalue weighted by Gasteiger charge is -2.45. The number of hydrogen-bond donors (Lipinski definition) is 2. The molecule has 0 amide bonds. The minimum atomic E-state index is -0.498. The molecule has 1 saturated heterocycles. The molecule has 0 unspecified atom stereocenters. The smallest absolute Gasteiger partial charge is 0.127 e. The van der Waals surface area contributed by atoms with Crippen molar-refractivity contribution in [1.82, 2.24) is 4.90 Å². The van der Waals surface area contributed by atoms with Gasteiger partial charge in [-0.3, -0.25) is 4.90 Å². The number of piperidine rings is 1. The van der Waals surface area contributed by atoms with Gasteiger partial charge in [-0.1, -0.05) is 24.9 Å². The number of hydrogen-bond acceptors (Lipinski definition) is 3. The number of nitrogens with zero attached hydrogens (tertiary/aromatic N) is 1. The lowest BCUT2D eigenvalue weighted by atomic mass is 9.74. The molecule has 0 radical (unpaired) electrons. The van der Waals surface area contributed by atoms with E-state index in [0.29, 0.717) is 36.6 Å². The standard InChI is InChI=1S/C16H23ClFNO2/c1-2-6-16(11-20)10-19(7-5-15(16)21)9-12-8-13(17)3-4-14(12)18/h3-4,8,15,20-21H,2,5-7,9-11H2,1H3/t15-,16+/m1/s1. The first-order valence-corrected chi connectivity index (χ1v) is 7.84. The highest BCUT2D eigenvalue weighted by molar-refractivity contribution is 6.30. The molecule has 2 atom stereocenters. The van der Waals surface area contributed by atoms with Gasteiger partial charge in [0.15, 0.2) is 0 Å². The Hall–Kier alpha value is -0.680. The van der Waals surface area contributed by atoms with Gasteiger partial charge in [0.1, 0.15) is 5.82 Å². The average molecular weight is 316 g/mol. The largest absolute Gasteiger partial charge is 0.396 e. The highest BCUT2D eigenvalue weighted by atomic mass is 35.5. The van der Waals surface area contributed by atoms with Crippen molar-refractivity contribution in [2.45, 2.75) is 38.8 Å². The molecule has 3 nitrogen and oxygen atoms in total. The number of halogens is 2. The summed E-state index contributed by atoms with van der Waals surface area (Å²) in [6.07, 6.45) is 1.77. The predicted molar refractivity (Wildman–Crippen MR) is 81.7 cm³/mol. The Labute approximate surface area is 130 Å². The molecule has 0 saturated carbocycles. The van der Waals surface area contributed by atoms with Gasteiger partial charge in [0.2, 0.25) is 0 Å². The van der Waals surface area contributed by atoms with Crippen molar-refractivity contribution < 1.29 is 14.6 Å². The van der Waals surface area contributed by atoms with Crippen LogP contribution in [0.15, 0.2) is 18.2 Å². The Kier molecular flexibility index (Phi) is 5.60. The molecule has 2 rings (SSSR count). The normalized spacial score (nSPS) is 27.0. The van der Waals surface area contributed by atoms with Crippen molar-refractivity contribution in [3.8, 4) is 0 Å². The van der Waals surface area contributed by atoms with E-state index in [9.17, 15) is 14.6 Å². The van der Waals surface area contributed by atoms with E-state index in [4.69, 9.17) is 11.6 Å². The van der Waals surface area contributed by atoms with Gasteiger partial charge < -0.3 is 10.2 Å². The third-order valence-corrected chi connectivity index (χ3v) is 4.66. The second-order valence-corrected chi connectivity index (χ2v) is 6.46. The third-order valence-electron chi connectivity index (χ3n) is 4.43. The second kappa shape index (κ2) is 7.05. The fourth-order valence-corrected chi connectivity index (χ4v) is 3.45. The number of aliphatic hydroxyl groups excluding tert-OH is 2. The van der Waals surface area contributed by atoms with E-state index in [-0.39, 0.29) is 12.4 Å². The molecule has 1 fully saturated rings. The topological polar surface area (TPSA) is 43.7 Å². The summed E-state index contributed by atoms with van der Waals surface area (Å²) < 4.78 is 13.8. The Bertz CT molecular complexity index is 485. The summed E-state index contributed by atoms with van der Waals surface area (Å²) in [4.78, 5) is 2.09. The molecule has 1 aromatic carbocycles. The first-order valence-electron chi connectivity index (χ1n) is 7.46.